The van der Waals surface area contributed by atoms with E-state index in [0.717, 1.165) is 43.4 Å². The summed E-state index contributed by atoms with van der Waals surface area (Å²) < 4.78 is 84.5. The average Bonchev–Trinajstić information content (AvgIpc) is 3.51. The number of benzene rings is 8. The van der Waals surface area contributed by atoms with Crippen molar-refractivity contribution in [2.45, 2.75) is 19.3 Å². The fourth-order valence-corrected chi connectivity index (χ4v) is 7.61. The second-order valence-corrected chi connectivity index (χ2v) is 13.3. The molecule has 0 aliphatic heterocycles. The standard InChI is InChI=1S/C48H33N3/c1-48(2)43-20-12-11-19-39(43)40-26-22-33(29-44(40)48)32-21-24-37-35-17-9-10-18-36(35)42-28-34(23-25-38(42)41(37)27-32)47-50-45(30-13-5-3-6-14-30)49-46(51-47)31-15-7-4-8-16-31/h3-29H,1-2H3/i3D,4D,5D,6D,7D,8D,13D,14D,15D,16D. The van der Waals surface area contributed by atoms with Crippen LogP contribution in [0.15, 0.2) is 164 Å². The van der Waals surface area contributed by atoms with Gasteiger partial charge in [0.2, 0.25) is 0 Å². The van der Waals surface area contributed by atoms with E-state index in [1.54, 1.807) is 0 Å². The normalized spacial score (nSPS) is 15.8. The molecular weight excluding hydrogens is 619 g/mol. The first-order valence-electron chi connectivity index (χ1n) is 21.7. The van der Waals surface area contributed by atoms with Crippen LogP contribution in [0.1, 0.15) is 38.7 Å². The zero-order valence-corrected chi connectivity index (χ0v) is 27.7. The molecule has 0 saturated heterocycles. The lowest BCUT2D eigenvalue weighted by molar-refractivity contribution is 0.660. The summed E-state index contributed by atoms with van der Waals surface area (Å²) in [6, 6.07) is 29.8. The van der Waals surface area contributed by atoms with Gasteiger partial charge in [0.15, 0.2) is 17.5 Å². The molecule has 0 bridgehead atoms. The third-order valence-corrected chi connectivity index (χ3v) is 10.1. The minimum absolute atomic E-state index is 0.0141. The van der Waals surface area contributed by atoms with Crippen LogP contribution < -0.4 is 0 Å². The average molecular weight is 662 g/mol. The lowest BCUT2D eigenvalue weighted by atomic mass is 9.81. The minimum atomic E-state index is -0.598. The number of fused-ring (bicyclic) bond motifs is 9. The highest BCUT2D eigenvalue weighted by atomic mass is 15.0. The van der Waals surface area contributed by atoms with Gasteiger partial charge in [0.05, 0.1) is 13.7 Å². The Morgan fingerprint density at radius 1 is 0.392 bits per heavy atom. The van der Waals surface area contributed by atoms with Crippen LogP contribution >= 0.6 is 0 Å². The quantitative estimate of drug-likeness (QED) is 0.176. The first-order chi connectivity index (χ1) is 29.2. The van der Waals surface area contributed by atoms with Gasteiger partial charge in [-0.3, -0.25) is 0 Å². The van der Waals surface area contributed by atoms with E-state index in [4.69, 9.17) is 13.7 Å². The maximum absolute atomic E-state index is 8.71. The van der Waals surface area contributed by atoms with Crippen molar-refractivity contribution in [3.63, 3.8) is 0 Å². The molecule has 0 radical (unpaired) electrons. The van der Waals surface area contributed by atoms with E-state index in [0.29, 0.717) is 5.56 Å². The molecule has 0 unspecified atom stereocenters. The molecule has 0 atom stereocenters. The molecule has 1 heterocycles. The number of hydrogen-bond donors (Lipinski definition) is 0. The first kappa shape index (κ1) is 20.9. The molecule has 8 aromatic carbocycles. The Hall–Kier alpha value is -6.45. The van der Waals surface area contributed by atoms with Crippen molar-refractivity contribution in [3.8, 4) is 56.4 Å². The summed E-state index contributed by atoms with van der Waals surface area (Å²) in [5, 5.41) is 5.91. The maximum Gasteiger partial charge on any atom is 0.164 e. The van der Waals surface area contributed by atoms with Gasteiger partial charge in [-0.05, 0) is 83.9 Å². The number of aromatic nitrogens is 3. The van der Waals surface area contributed by atoms with Crippen molar-refractivity contribution in [1.29, 1.82) is 0 Å². The predicted octanol–water partition coefficient (Wildman–Crippen LogP) is 12.3. The fraction of sp³-hybridized carbons (Fsp3) is 0.0625. The Balaban J connectivity index is 1.20. The van der Waals surface area contributed by atoms with Crippen molar-refractivity contribution < 1.29 is 13.7 Å². The van der Waals surface area contributed by atoms with E-state index >= 15 is 0 Å². The highest BCUT2D eigenvalue weighted by Gasteiger charge is 2.35. The summed E-state index contributed by atoms with van der Waals surface area (Å²) in [4.78, 5) is 13.8. The molecule has 9 aromatic rings. The summed E-state index contributed by atoms with van der Waals surface area (Å²) in [7, 11) is 0. The van der Waals surface area contributed by atoms with Crippen molar-refractivity contribution in [2.24, 2.45) is 0 Å². The van der Waals surface area contributed by atoms with Crippen LogP contribution in [0.4, 0.5) is 0 Å². The monoisotopic (exact) mass is 661 g/mol. The topological polar surface area (TPSA) is 38.7 Å². The molecule has 0 spiro atoms. The van der Waals surface area contributed by atoms with Crippen LogP contribution in [0.2, 0.25) is 0 Å². The second kappa shape index (κ2) is 11.3. The van der Waals surface area contributed by atoms with E-state index < -0.39 is 60.4 Å². The molecule has 0 amide bonds. The van der Waals surface area contributed by atoms with Crippen LogP contribution in [0, 0.1) is 0 Å². The number of hydrogen-bond acceptors (Lipinski definition) is 3. The Kier molecular flexibility index (Phi) is 4.63. The van der Waals surface area contributed by atoms with Crippen LogP contribution in [0.5, 0.6) is 0 Å². The predicted molar refractivity (Wildman–Crippen MR) is 212 cm³/mol. The molecule has 3 nitrogen and oxygen atoms in total. The van der Waals surface area contributed by atoms with E-state index in [2.05, 4.69) is 95.5 Å². The summed E-state index contributed by atoms with van der Waals surface area (Å²) in [5.74, 6) is -0.602. The van der Waals surface area contributed by atoms with Gasteiger partial charge in [-0.15, -0.1) is 0 Å². The molecule has 1 aromatic heterocycles. The molecule has 0 fully saturated rings. The SMILES string of the molecule is [2H]c1c([2H])c([2H])c(-c2nc(-c3ccc4c5cc(-c6ccc7c(c6)C(C)(C)c6ccccc6-7)ccc5c5ccccc5c4c3)nc(-c3c([2H])c([2H])c([2H])c([2H])c3[2H])n2)c([2H])c1[2H]. The molecule has 0 N–H and O–H groups in total. The molecule has 51 heavy (non-hydrogen) atoms. The van der Waals surface area contributed by atoms with Gasteiger partial charge < -0.3 is 0 Å². The number of nitrogens with zero attached hydrogens (tertiary/aromatic N) is 3. The molecule has 1 aliphatic carbocycles. The lowest BCUT2D eigenvalue weighted by Gasteiger charge is -2.22. The zero-order valence-electron chi connectivity index (χ0n) is 37.7. The van der Waals surface area contributed by atoms with Crippen molar-refractivity contribution in [2.75, 3.05) is 0 Å². The molecule has 10 rings (SSSR count). The summed E-state index contributed by atoms with van der Waals surface area (Å²) >= 11 is 0. The molecule has 1 aliphatic rings. The third-order valence-electron chi connectivity index (χ3n) is 10.1. The Labute approximate surface area is 311 Å². The van der Waals surface area contributed by atoms with Gasteiger partial charge in [0.1, 0.15) is 0 Å². The molecule has 3 heteroatoms. The third kappa shape index (κ3) is 4.69. The Morgan fingerprint density at radius 2 is 0.843 bits per heavy atom. The van der Waals surface area contributed by atoms with Gasteiger partial charge in [-0.25, -0.2) is 15.0 Å². The summed E-state index contributed by atoms with van der Waals surface area (Å²) in [6.07, 6.45) is 0. The van der Waals surface area contributed by atoms with Gasteiger partial charge in [-0.2, -0.15) is 0 Å². The molecule has 0 saturated carbocycles. The van der Waals surface area contributed by atoms with Crippen molar-refractivity contribution in [3.05, 3.63) is 175 Å². The van der Waals surface area contributed by atoms with Gasteiger partial charge in [0, 0.05) is 22.1 Å². The van der Waals surface area contributed by atoms with Gasteiger partial charge in [-0.1, -0.05) is 159 Å². The van der Waals surface area contributed by atoms with E-state index in [1.807, 2.05) is 36.4 Å². The smallest absolute Gasteiger partial charge is 0.164 e. The van der Waals surface area contributed by atoms with Crippen LogP contribution in [0.25, 0.3) is 88.7 Å². The highest BCUT2D eigenvalue weighted by Crippen LogP contribution is 2.50. The fourth-order valence-electron chi connectivity index (χ4n) is 7.61. The maximum atomic E-state index is 8.71. The largest absolute Gasteiger partial charge is 0.208 e. The van der Waals surface area contributed by atoms with E-state index in [1.165, 1.54) is 22.3 Å². The van der Waals surface area contributed by atoms with E-state index in [9.17, 15) is 0 Å². The Bertz CT molecular complexity index is 3270. The molecular formula is C48H33N3. The molecule has 240 valence electrons. The summed E-state index contributed by atoms with van der Waals surface area (Å²) in [6.45, 7) is 4.54. The van der Waals surface area contributed by atoms with E-state index in [-0.39, 0.29) is 34.0 Å². The van der Waals surface area contributed by atoms with Crippen LogP contribution in [-0.2, 0) is 5.41 Å². The minimum Gasteiger partial charge on any atom is -0.208 e. The number of rotatable bonds is 4. The first-order valence-corrected chi connectivity index (χ1v) is 16.7. The zero-order chi connectivity index (χ0) is 42.8. The van der Waals surface area contributed by atoms with Crippen molar-refractivity contribution in [1.82, 2.24) is 15.0 Å². The Morgan fingerprint density at radius 3 is 1.51 bits per heavy atom. The van der Waals surface area contributed by atoms with Crippen molar-refractivity contribution >= 4 is 32.3 Å². The lowest BCUT2D eigenvalue weighted by Crippen LogP contribution is -2.14. The van der Waals surface area contributed by atoms with Crippen LogP contribution in [-0.4, -0.2) is 15.0 Å². The highest BCUT2D eigenvalue weighted by molar-refractivity contribution is 6.26. The van der Waals surface area contributed by atoms with Gasteiger partial charge in [0.25, 0.3) is 0 Å². The second-order valence-electron chi connectivity index (χ2n) is 13.3. The van der Waals surface area contributed by atoms with Crippen LogP contribution in [0.3, 0.4) is 0 Å². The summed E-state index contributed by atoms with van der Waals surface area (Å²) in [5.41, 5.74) is 6.96. The van der Waals surface area contributed by atoms with Gasteiger partial charge >= 0.3 is 0 Å².